The van der Waals surface area contributed by atoms with Crippen molar-refractivity contribution in [2.24, 2.45) is 0 Å². The Balaban J connectivity index is 1.75. The number of carbonyl (C=O) groups excluding carboxylic acids is 1. The zero-order valence-corrected chi connectivity index (χ0v) is 14.0. The van der Waals surface area contributed by atoms with Gasteiger partial charge >= 0.3 is 0 Å². The standard InChI is InChI=1S/C19H24N2O2/c1-15-8-7-11-18(16(15)2)20-19(22)14-21(3)12-13-23-17-9-5-4-6-10-17/h4-11H,12-14H2,1-3H3,(H,20,22). The van der Waals surface area contributed by atoms with Gasteiger partial charge in [0, 0.05) is 12.2 Å². The molecule has 0 bridgehead atoms. The summed E-state index contributed by atoms with van der Waals surface area (Å²) < 4.78 is 5.64. The van der Waals surface area contributed by atoms with E-state index >= 15 is 0 Å². The summed E-state index contributed by atoms with van der Waals surface area (Å²) in [6.07, 6.45) is 0. The van der Waals surface area contributed by atoms with E-state index in [1.807, 2.05) is 74.3 Å². The van der Waals surface area contributed by atoms with Crippen molar-refractivity contribution < 1.29 is 9.53 Å². The van der Waals surface area contributed by atoms with Crippen LogP contribution in [0.25, 0.3) is 0 Å². The highest BCUT2D eigenvalue weighted by molar-refractivity contribution is 5.93. The second-order valence-electron chi connectivity index (χ2n) is 5.69. The van der Waals surface area contributed by atoms with Crippen molar-refractivity contribution in [3.63, 3.8) is 0 Å². The average Bonchev–Trinajstić information content (AvgIpc) is 2.53. The minimum Gasteiger partial charge on any atom is -0.492 e. The first kappa shape index (κ1) is 17.0. The normalized spacial score (nSPS) is 10.6. The molecule has 2 aromatic rings. The molecule has 0 aromatic heterocycles. The Labute approximate surface area is 138 Å². The summed E-state index contributed by atoms with van der Waals surface area (Å²) in [5, 5.41) is 2.97. The summed E-state index contributed by atoms with van der Waals surface area (Å²) in [5.41, 5.74) is 3.16. The molecule has 0 aliphatic heterocycles. The molecule has 4 nitrogen and oxygen atoms in total. The Morgan fingerprint density at radius 1 is 1.09 bits per heavy atom. The van der Waals surface area contributed by atoms with E-state index in [1.54, 1.807) is 0 Å². The van der Waals surface area contributed by atoms with Gasteiger partial charge in [-0.15, -0.1) is 0 Å². The SMILES string of the molecule is Cc1cccc(NC(=O)CN(C)CCOc2ccccc2)c1C. The van der Waals surface area contributed by atoms with E-state index in [1.165, 1.54) is 5.56 Å². The van der Waals surface area contributed by atoms with Crippen molar-refractivity contribution in [3.8, 4) is 5.75 Å². The Hall–Kier alpha value is -2.33. The second-order valence-corrected chi connectivity index (χ2v) is 5.69. The van der Waals surface area contributed by atoms with Crippen molar-refractivity contribution in [1.29, 1.82) is 0 Å². The van der Waals surface area contributed by atoms with Crippen molar-refractivity contribution in [2.45, 2.75) is 13.8 Å². The first-order chi connectivity index (χ1) is 11.1. The maximum Gasteiger partial charge on any atom is 0.238 e. The zero-order chi connectivity index (χ0) is 16.7. The van der Waals surface area contributed by atoms with Gasteiger partial charge in [-0.25, -0.2) is 0 Å². The number of likely N-dealkylation sites (N-methyl/N-ethyl adjacent to an activating group) is 1. The van der Waals surface area contributed by atoms with Crippen LogP contribution in [0.1, 0.15) is 11.1 Å². The lowest BCUT2D eigenvalue weighted by Crippen LogP contribution is -2.33. The van der Waals surface area contributed by atoms with Crippen LogP contribution >= 0.6 is 0 Å². The lowest BCUT2D eigenvalue weighted by molar-refractivity contribution is -0.117. The number of amides is 1. The van der Waals surface area contributed by atoms with E-state index < -0.39 is 0 Å². The van der Waals surface area contributed by atoms with Gasteiger partial charge in [-0.05, 0) is 50.2 Å². The van der Waals surface area contributed by atoms with Crippen LogP contribution in [0.3, 0.4) is 0 Å². The molecule has 0 fully saturated rings. The third-order valence-corrected chi connectivity index (χ3v) is 3.78. The lowest BCUT2D eigenvalue weighted by atomic mass is 10.1. The van der Waals surface area contributed by atoms with E-state index in [0.29, 0.717) is 19.7 Å². The molecule has 0 aliphatic rings. The van der Waals surface area contributed by atoms with Crippen LogP contribution in [0.5, 0.6) is 5.75 Å². The van der Waals surface area contributed by atoms with Crippen molar-refractivity contribution in [1.82, 2.24) is 4.90 Å². The molecule has 4 heteroatoms. The molecule has 0 atom stereocenters. The molecule has 0 unspecified atom stereocenters. The predicted molar refractivity (Wildman–Crippen MR) is 94.0 cm³/mol. The summed E-state index contributed by atoms with van der Waals surface area (Å²) in [6, 6.07) is 15.6. The van der Waals surface area contributed by atoms with Gasteiger partial charge in [-0.1, -0.05) is 30.3 Å². The molecule has 0 saturated carbocycles. The van der Waals surface area contributed by atoms with E-state index in [0.717, 1.165) is 17.0 Å². The van der Waals surface area contributed by atoms with Gasteiger partial charge in [0.25, 0.3) is 0 Å². The van der Waals surface area contributed by atoms with Gasteiger partial charge in [-0.3, -0.25) is 9.69 Å². The molecule has 1 amide bonds. The highest BCUT2D eigenvalue weighted by Crippen LogP contribution is 2.17. The van der Waals surface area contributed by atoms with Gasteiger partial charge in [0.2, 0.25) is 5.91 Å². The van der Waals surface area contributed by atoms with E-state index in [2.05, 4.69) is 5.32 Å². The van der Waals surface area contributed by atoms with Crippen LogP contribution in [-0.2, 0) is 4.79 Å². The Kier molecular flexibility index (Phi) is 6.18. The maximum absolute atomic E-state index is 12.1. The maximum atomic E-state index is 12.1. The van der Waals surface area contributed by atoms with E-state index in [9.17, 15) is 4.79 Å². The quantitative estimate of drug-likeness (QED) is 0.853. The minimum absolute atomic E-state index is 0.0130. The molecule has 122 valence electrons. The predicted octanol–water partition coefficient (Wildman–Crippen LogP) is 3.25. The summed E-state index contributed by atoms with van der Waals surface area (Å²) in [6.45, 7) is 5.64. The monoisotopic (exact) mass is 312 g/mol. The molecular formula is C19H24N2O2. The Morgan fingerprint density at radius 3 is 2.57 bits per heavy atom. The number of anilines is 1. The van der Waals surface area contributed by atoms with Gasteiger partial charge in [0.1, 0.15) is 12.4 Å². The lowest BCUT2D eigenvalue weighted by Gasteiger charge is -2.17. The highest BCUT2D eigenvalue weighted by atomic mass is 16.5. The van der Waals surface area contributed by atoms with Crippen molar-refractivity contribution >= 4 is 11.6 Å². The molecule has 1 N–H and O–H groups in total. The topological polar surface area (TPSA) is 41.6 Å². The fourth-order valence-electron chi connectivity index (χ4n) is 2.24. The van der Waals surface area contributed by atoms with Crippen LogP contribution in [0.2, 0.25) is 0 Å². The van der Waals surface area contributed by atoms with E-state index in [4.69, 9.17) is 4.74 Å². The minimum atomic E-state index is -0.0130. The number of benzene rings is 2. The summed E-state index contributed by atoms with van der Waals surface area (Å²) in [4.78, 5) is 14.1. The molecule has 0 aliphatic carbocycles. The molecule has 23 heavy (non-hydrogen) atoms. The number of hydrogen-bond acceptors (Lipinski definition) is 3. The molecular weight excluding hydrogens is 288 g/mol. The number of aryl methyl sites for hydroxylation is 1. The number of nitrogens with zero attached hydrogens (tertiary/aromatic N) is 1. The number of ether oxygens (including phenoxy) is 1. The fraction of sp³-hybridized carbons (Fsp3) is 0.316. The van der Waals surface area contributed by atoms with Gasteiger partial charge in [-0.2, -0.15) is 0 Å². The molecule has 2 aromatic carbocycles. The highest BCUT2D eigenvalue weighted by Gasteiger charge is 2.09. The Bertz CT molecular complexity index is 641. The molecule has 2 rings (SSSR count). The number of nitrogens with one attached hydrogen (secondary N) is 1. The van der Waals surface area contributed by atoms with Crippen LogP contribution in [0.15, 0.2) is 48.5 Å². The molecule has 0 spiro atoms. The smallest absolute Gasteiger partial charge is 0.238 e. The second kappa shape index (κ2) is 8.34. The first-order valence-electron chi connectivity index (χ1n) is 7.78. The third kappa shape index (κ3) is 5.42. The summed E-state index contributed by atoms with van der Waals surface area (Å²) >= 11 is 0. The molecule has 0 heterocycles. The summed E-state index contributed by atoms with van der Waals surface area (Å²) in [7, 11) is 1.91. The van der Waals surface area contributed by atoms with Crippen LogP contribution in [0, 0.1) is 13.8 Å². The first-order valence-corrected chi connectivity index (χ1v) is 7.78. The van der Waals surface area contributed by atoms with Crippen LogP contribution in [-0.4, -0.2) is 37.6 Å². The number of para-hydroxylation sites is 1. The van der Waals surface area contributed by atoms with Crippen LogP contribution < -0.4 is 10.1 Å². The van der Waals surface area contributed by atoms with Gasteiger partial charge in [0.05, 0.1) is 6.54 Å². The zero-order valence-electron chi connectivity index (χ0n) is 14.0. The largest absolute Gasteiger partial charge is 0.492 e. The number of rotatable bonds is 7. The van der Waals surface area contributed by atoms with Crippen molar-refractivity contribution in [3.05, 3.63) is 59.7 Å². The summed E-state index contributed by atoms with van der Waals surface area (Å²) in [5.74, 6) is 0.835. The number of carbonyl (C=O) groups is 1. The third-order valence-electron chi connectivity index (χ3n) is 3.78. The fourth-order valence-corrected chi connectivity index (χ4v) is 2.24. The average molecular weight is 312 g/mol. The van der Waals surface area contributed by atoms with Crippen LogP contribution in [0.4, 0.5) is 5.69 Å². The van der Waals surface area contributed by atoms with Crippen molar-refractivity contribution in [2.75, 3.05) is 32.1 Å². The number of hydrogen-bond donors (Lipinski definition) is 1. The van der Waals surface area contributed by atoms with E-state index in [-0.39, 0.29) is 5.91 Å². The van der Waals surface area contributed by atoms with Gasteiger partial charge < -0.3 is 10.1 Å². The molecule has 0 radical (unpaired) electrons. The Morgan fingerprint density at radius 2 is 1.83 bits per heavy atom. The molecule has 0 saturated heterocycles. The van der Waals surface area contributed by atoms with Gasteiger partial charge in [0.15, 0.2) is 0 Å².